The number of carbonyl (C=O) groups excluding carboxylic acids is 5. The Kier molecular flexibility index (Phi) is 6.60. The number of carbonyl (C=O) groups is 5. The Morgan fingerprint density at radius 3 is 2.39 bits per heavy atom. The van der Waals surface area contributed by atoms with E-state index in [1.165, 1.54) is 6.08 Å². The van der Waals surface area contributed by atoms with Gasteiger partial charge in [0.05, 0.1) is 0 Å². The summed E-state index contributed by atoms with van der Waals surface area (Å²) in [6.07, 6.45) is 9.44. The van der Waals surface area contributed by atoms with E-state index in [-0.39, 0.29) is 42.7 Å². The monoisotopic (exact) mass is 560 g/mol. The molecule has 0 radical (unpaired) electrons. The van der Waals surface area contributed by atoms with Gasteiger partial charge in [0, 0.05) is 41.9 Å². The zero-order valence-electron chi connectivity index (χ0n) is 21.4. The molecular formula is C28H33BrO7. The number of hydrogen-bond donors (Lipinski definition) is 0. The first-order valence-corrected chi connectivity index (χ1v) is 13.4. The summed E-state index contributed by atoms with van der Waals surface area (Å²) in [7, 11) is 0. The van der Waals surface area contributed by atoms with E-state index in [4.69, 9.17) is 9.47 Å². The summed E-state index contributed by atoms with van der Waals surface area (Å²) in [5, 5.41) is 0. The molecule has 0 aromatic rings. The first kappa shape index (κ1) is 26.7. The molecule has 2 saturated carbocycles. The van der Waals surface area contributed by atoms with Gasteiger partial charge in [-0.05, 0) is 30.1 Å². The zero-order chi connectivity index (χ0) is 26.7. The minimum absolute atomic E-state index is 0.00723. The van der Waals surface area contributed by atoms with Crippen molar-refractivity contribution < 1.29 is 33.4 Å². The van der Waals surface area contributed by atoms with Gasteiger partial charge in [0.15, 0.2) is 23.8 Å². The van der Waals surface area contributed by atoms with Crippen LogP contribution < -0.4 is 0 Å². The lowest BCUT2D eigenvalue weighted by Gasteiger charge is -2.59. The molecule has 0 saturated heterocycles. The Hall–Kier alpha value is -2.35. The van der Waals surface area contributed by atoms with Gasteiger partial charge in [-0.25, -0.2) is 0 Å². The molecule has 4 aliphatic carbocycles. The van der Waals surface area contributed by atoms with E-state index < -0.39 is 51.0 Å². The van der Waals surface area contributed by atoms with Crippen LogP contribution in [0.25, 0.3) is 0 Å². The smallest absolute Gasteiger partial charge is 0.306 e. The average Bonchev–Trinajstić information content (AvgIpc) is 3.05. The summed E-state index contributed by atoms with van der Waals surface area (Å²) >= 11 is 3.87. The first-order chi connectivity index (χ1) is 16.8. The van der Waals surface area contributed by atoms with Gasteiger partial charge in [-0.15, -0.1) is 0 Å². The van der Waals surface area contributed by atoms with Crippen molar-refractivity contribution in [2.24, 2.45) is 28.6 Å². The number of esters is 2. The lowest BCUT2D eigenvalue weighted by Crippen LogP contribution is -2.67. The van der Waals surface area contributed by atoms with Crippen molar-refractivity contribution in [2.45, 2.75) is 70.2 Å². The van der Waals surface area contributed by atoms with Crippen LogP contribution in [0.4, 0.5) is 0 Å². The minimum Gasteiger partial charge on any atom is -0.457 e. The quantitative estimate of drug-likeness (QED) is 0.353. The topological polar surface area (TPSA) is 104 Å². The molecule has 0 spiro atoms. The van der Waals surface area contributed by atoms with Crippen molar-refractivity contribution in [3.8, 4) is 0 Å². The second-order valence-corrected chi connectivity index (χ2v) is 12.1. The van der Waals surface area contributed by atoms with Gasteiger partial charge in [-0.2, -0.15) is 0 Å². The number of fused-ring (bicyclic) bond motifs is 5. The molecule has 4 rings (SSSR count). The van der Waals surface area contributed by atoms with Crippen molar-refractivity contribution in [2.75, 3.05) is 6.61 Å². The Balaban J connectivity index is 1.84. The van der Waals surface area contributed by atoms with E-state index >= 15 is 0 Å². The standard InChI is InChI=1S/C28H33BrO7/c1-6-23(33)35-15-22(32)28(36-24(34)7-2)16(3)12-20-19-9-8-17-13-18(30)10-11-25(17,4)27(19,29)21(31)14-26(20,28)5/h8-11,13,16,19-20H,6-7,12,14-15H2,1-5H3/t16-,19-,20-,25-,26-,27-,28+/m0/s1. The van der Waals surface area contributed by atoms with Crippen LogP contribution in [0.2, 0.25) is 0 Å². The number of Topliss-reactive ketones (excluding diaryl/α,β-unsaturated/α-hetero) is 2. The predicted octanol–water partition coefficient (Wildman–Crippen LogP) is 4.23. The summed E-state index contributed by atoms with van der Waals surface area (Å²) in [4.78, 5) is 64.6. The molecule has 0 aliphatic heterocycles. The van der Waals surface area contributed by atoms with Crippen LogP contribution in [0.15, 0.2) is 36.0 Å². The maximum absolute atomic E-state index is 14.2. The molecule has 0 aromatic carbocycles. The van der Waals surface area contributed by atoms with Gasteiger partial charge in [-0.1, -0.05) is 68.8 Å². The highest BCUT2D eigenvalue weighted by molar-refractivity contribution is 9.10. The van der Waals surface area contributed by atoms with E-state index in [0.717, 1.165) is 5.57 Å². The van der Waals surface area contributed by atoms with Crippen molar-refractivity contribution in [1.29, 1.82) is 0 Å². The Morgan fingerprint density at radius 1 is 1.08 bits per heavy atom. The maximum Gasteiger partial charge on any atom is 0.306 e. The van der Waals surface area contributed by atoms with Gasteiger partial charge in [0.25, 0.3) is 0 Å². The minimum atomic E-state index is -1.61. The van der Waals surface area contributed by atoms with Gasteiger partial charge >= 0.3 is 11.9 Å². The number of allylic oxidation sites excluding steroid dienone is 6. The predicted molar refractivity (Wildman–Crippen MR) is 135 cm³/mol. The van der Waals surface area contributed by atoms with Crippen molar-refractivity contribution in [3.05, 3.63) is 36.0 Å². The fourth-order valence-electron chi connectivity index (χ4n) is 7.21. The second-order valence-electron chi connectivity index (χ2n) is 10.9. The highest BCUT2D eigenvalue weighted by Crippen LogP contribution is 2.70. The molecule has 0 heterocycles. The lowest BCUT2D eigenvalue weighted by molar-refractivity contribution is -0.195. The molecule has 0 bridgehead atoms. The van der Waals surface area contributed by atoms with Crippen LogP contribution in [0.3, 0.4) is 0 Å². The molecule has 194 valence electrons. The molecule has 7 atom stereocenters. The van der Waals surface area contributed by atoms with Crippen LogP contribution in [0, 0.1) is 28.6 Å². The number of ketones is 3. The SMILES string of the molecule is CCC(=O)OCC(=O)[C@]1(OC(=O)CC)[C@@H](C)C[C@H]2[C@@H]3C=CC4=CC(=O)C=C[C@]4(C)[C@@]3(Br)C(=O)C[C@@]21C. The van der Waals surface area contributed by atoms with Crippen LogP contribution in [-0.2, 0) is 33.4 Å². The Bertz CT molecular complexity index is 1130. The Labute approximate surface area is 219 Å². The van der Waals surface area contributed by atoms with Gasteiger partial charge in [-0.3, -0.25) is 24.0 Å². The molecule has 2 fully saturated rings. The molecule has 7 nitrogen and oxygen atoms in total. The van der Waals surface area contributed by atoms with Crippen molar-refractivity contribution in [3.63, 3.8) is 0 Å². The van der Waals surface area contributed by atoms with E-state index in [2.05, 4.69) is 15.9 Å². The van der Waals surface area contributed by atoms with Crippen LogP contribution >= 0.6 is 15.9 Å². The molecule has 0 aromatic heterocycles. The zero-order valence-corrected chi connectivity index (χ0v) is 23.0. The third kappa shape index (κ3) is 3.39. The Morgan fingerprint density at radius 2 is 1.75 bits per heavy atom. The lowest BCUT2D eigenvalue weighted by atomic mass is 9.48. The maximum atomic E-state index is 14.2. The van der Waals surface area contributed by atoms with Gasteiger partial charge in [0.2, 0.25) is 5.78 Å². The van der Waals surface area contributed by atoms with E-state index in [1.807, 2.05) is 32.9 Å². The average molecular weight is 561 g/mol. The summed E-state index contributed by atoms with van der Waals surface area (Å²) in [6, 6.07) is 0. The molecule has 8 heteroatoms. The molecule has 4 aliphatic rings. The highest BCUT2D eigenvalue weighted by Gasteiger charge is 2.76. The highest BCUT2D eigenvalue weighted by atomic mass is 79.9. The van der Waals surface area contributed by atoms with E-state index in [9.17, 15) is 24.0 Å². The number of ether oxygens (including phenoxy) is 2. The van der Waals surface area contributed by atoms with E-state index in [0.29, 0.717) is 6.42 Å². The molecule has 36 heavy (non-hydrogen) atoms. The van der Waals surface area contributed by atoms with Crippen LogP contribution in [-0.4, -0.2) is 45.8 Å². The summed E-state index contributed by atoms with van der Waals surface area (Å²) < 4.78 is 10.2. The summed E-state index contributed by atoms with van der Waals surface area (Å²) in [5.41, 5.74) is -2.61. The first-order valence-electron chi connectivity index (χ1n) is 12.6. The van der Waals surface area contributed by atoms with Crippen molar-refractivity contribution in [1.82, 2.24) is 0 Å². The van der Waals surface area contributed by atoms with Crippen LogP contribution in [0.1, 0.15) is 60.3 Å². The third-order valence-corrected chi connectivity index (χ3v) is 10.9. The normalized spacial score (nSPS) is 40.6. The molecule has 0 N–H and O–H groups in total. The molecule has 0 unspecified atom stereocenters. The summed E-state index contributed by atoms with van der Waals surface area (Å²) in [6.45, 7) is 8.45. The van der Waals surface area contributed by atoms with Gasteiger partial charge < -0.3 is 9.47 Å². The van der Waals surface area contributed by atoms with Crippen LogP contribution in [0.5, 0.6) is 0 Å². The fourth-order valence-corrected chi connectivity index (χ4v) is 8.18. The van der Waals surface area contributed by atoms with Gasteiger partial charge in [0.1, 0.15) is 4.32 Å². The largest absolute Gasteiger partial charge is 0.457 e. The molecular weight excluding hydrogens is 528 g/mol. The second kappa shape index (κ2) is 8.89. The number of rotatable bonds is 6. The number of alkyl halides is 1. The summed E-state index contributed by atoms with van der Waals surface area (Å²) in [5.74, 6) is -2.71. The fraction of sp³-hybridized carbons (Fsp3) is 0.607. The molecule has 0 amide bonds. The third-order valence-electron chi connectivity index (χ3n) is 9.14. The van der Waals surface area contributed by atoms with E-state index in [1.54, 1.807) is 26.0 Å². The van der Waals surface area contributed by atoms with Crippen molar-refractivity contribution >= 4 is 45.2 Å². The number of hydrogen-bond acceptors (Lipinski definition) is 7. The number of halogens is 1.